The number of esters is 1. The van der Waals surface area contributed by atoms with Crippen molar-refractivity contribution in [2.24, 2.45) is 7.05 Å². The zero-order valence-corrected chi connectivity index (χ0v) is 10.2. The molecule has 1 aromatic rings. The summed E-state index contributed by atoms with van der Waals surface area (Å²) in [5, 5.41) is 0. The Labute approximate surface area is 101 Å². The number of likely N-dealkylation sites (tertiary alicyclic amines) is 1. The molecule has 5 heteroatoms. The zero-order chi connectivity index (χ0) is 12.3. The number of rotatable bonds is 4. The Balaban J connectivity index is 1.78. The van der Waals surface area contributed by atoms with Gasteiger partial charge in [0.2, 0.25) is 0 Å². The van der Waals surface area contributed by atoms with E-state index in [0.717, 1.165) is 19.6 Å². The molecule has 5 nitrogen and oxygen atoms in total. The number of nitrogen functional groups attached to an aromatic ring is 1. The van der Waals surface area contributed by atoms with E-state index in [4.69, 9.17) is 10.5 Å². The van der Waals surface area contributed by atoms with Crippen LogP contribution >= 0.6 is 0 Å². The van der Waals surface area contributed by atoms with Gasteiger partial charge in [-0.2, -0.15) is 0 Å². The van der Waals surface area contributed by atoms with Gasteiger partial charge < -0.3 is 15.0 Å². The summed E-state index contributed by atoms with van der Waals surface area (Å²) in [6.07, 6.45) is 4.21. The molecule has 0 atom stereocenters. The van der Waals surface area contributed by atoms with Crippen molar-refractivity contribution in [1.29, 1.82) is 0 Å². The van der Waals surface area contributed by atoms with Gasteiger partial charge in [0.25, 0.3) is 0 Å². The summed E-state index contributed by atoms with van der Waals surface area (Å²) in [6, 6.07) is 1.64. The van der Waals surface area contributed by atoms with Crippen LogP contribution in [0.3, 0.4) is 0 Å². The summed E-state index contributed by atoms with van der Waals surface area (Å²) in [6.45, 7) is 3.51. The van der Waals surface area contributed by atoms with Crippen LogP contribution < -0.4 is 5.73 Å². The summed E-state index contributed by atoms with van der Waals surface area (Å²) in [4.78, 5) is 14.0. The second kappa shape index (κ2) is 5.23. The van der Waals surface area contributed by atoms with Crippen molar-refractivity contribution in [2.45, 2.75) is 12.8 Å². The Kier molecular flexibility index (Phi) is 3.68. The number of hydrogen-bond donors (Lipinski definition) is 1. The topological polar surface area (TPSA) is 60.5 Å². The van der Waals surface area contributed by atoms with Gasteiger partial charge in [-0.25, -0.2) is 4.79 Å². The van der Waals surface area contributed by atoms with E-state index in [9.17, 15) is 4.79 Å². The van der Waals surface area contributed by atoms with Crippen LogP contribution in [0.1, 0.15) is 23.3 Å². The van der Waals surface area contributed by atoms with E-state index in [2.05, 4.69) is 4.90 Å². The molecule has 1 aliphatic heterocycles. The van der Waals surface area contributed by atoms with Crippen LogP contribution in [0.25, 0.3) is 0 Å². The monoisotopic (exact) mass is 237 g/mol. The maximum absolute atomic E-state index is 11.7. The number of nitrogens with two attached hydrogens (primary N) is 1. The lowest BCUT2D eigenvalue weighted by Gasteiger charge is -2.14. The molecule has 2 heterocycles. The van der Waals surface area contributed by atoms with Crippen LogP contribution in [0.4, 0.5) is 5.69 Å². The predicted octanol–water partition coefficient (Wildman–Crippen LogP) is 0.860. The molecular formula is C12H19N3O2. The summed E-state index contributed by atoms with van der Waals surface area (Å²) in [7, 11) is 1.79. The van der Waals surface area contributed by atoms with Gasteiger partial charge in [-0.15, -0.1) is 0 Å². The van der Waals surface area contributed by atoms with Crippen molar-refractivity contribution >= 4 is 11.7 Å². The minimum Gasteiger partial charge on any atom is -0.460 e. The first-order valence-corrected chi connectivity index (χ1v) is 5.98. The number of aromatic nitrogens is 1. The normalized spacial score (nSPS) is 16.3. The summed E-state index contributed by atoms with van der Waals surface area (Å²) < 4.78 is 6.92. The van der Waals surface area contributed by atoms with Crippen molar-refractivity contribution in [3.8, 4) is 0 Å². The molecule has 0 aromatic carbocycles. The molecule has 0 bridgehead atoms. The second-order valence-corrected chi connectivity index (χ2v) is 4.45. The van der Waals surface area contributed by atoms with E-state index in [0.29, 0.717) is 18.0 Å². The lowest BCUT2D eigenvalue weighted by atomic mass is 10.4. The van der Waals surface area contributed by atoms with E-state index in [1.165, 1.54) is 12.8 Å². The molecule has 0 aliphatic carbocycles. The Hall–Kier alpha value is -1.49. The van der Waals surface area contributed by atoms with Crippen molar-refractivity contribution in [3.63, 3.8) is 0 Å². The smallest absolute Gasteiger partial charge is 0.355 e. The van der Waals surface area contributed by atoms with E-state index < -0.39 is 0 Å². The van der Waals surface area contributed by atoms with E-state index in [1.807, 2.05) is 0 Å². The highest BCUT2D eigenvalue weighted by Crippen LogP contribution is 2.10. The van der Waals surface area contributed by atoms with Crippen molar-refractivity contribution < 1.29 is 9.53 Å². The number of nitrogens with zero attached hydrogens (tertiary/aromatic N) is 2. The van der Waals surface area contributed by atoms with Gasteiger partial charge in [0.15, 0.2) is 0 Å². The number of carbonyl (C=O) groups excluding carboxylic acids is 1. The molecule has 0 unspecified atom stereocenters. The van der Waals surface area contributed by atoms with Crippen molar-refractivity contribution in [1.82, 2.24) is 9.47 Å². The molecular weight excluding hydrogens is 218 g/mol. The maximum Gasteiger partial charge on any atom is 0.355 e. The molecule has 0 saturated carbocycles. The molecule has 0 radical (unpaired) electrons. The molecule has 94 valence electrons. The Morgan fingerprint density at radius 2 is 2.18 bits per heavy atom. The first-order valence-electron chi connectivity index (χ1n) is 5.98. The number of carbonyl (C=O) groups is 1. The van der Waals surface area contributed by atoms with E-state index in [-0.39, 0.29) is 5.97 Å². The molecule has 0 spiro atoms. The molecule has 2 rings (SSSR count). The third-order valence-corrected chi connectivity index (χ3v) is 3.07. The second-order valence-electron chi connectivity index (χ2n) is 4.45. The fourth-order valence-corrected chi connectivity index (χ4v) is 2.14. The first-order chi connectivity index (χ1) is 8.16. The molecule has 1 fully saturated rings. The average Bonchev–Trinajstić information content (AvgIpc) is 2.88. The van der Waals surface area contributed by atoms with Gasteiger partial charge in [-0.1, -0.05) is 0 Å². The third kappa shape index (κ3) is 3.00. The van der Waals surface area contributed by atoms with Gasteiger partial charge in [-0.3, -0.25) is 4.90 Å². The predicted molar refractivity (Wildman–Crippen MR) is 65.8 cm³/mol. The maximum atomic E-state index is 11.7. The Morgan fingerprint density at radius 3 is 2.76 bits per heavy atom. The lowest BCUT2D eigenvalue weighted by molar-refractivity contribution is 0.0461. The SMILES string of the molecule is Cn1cc(N)cc1C(=O)OCCN1CCCC1. The Morgan fingerprint density at radius 1 is 1.47 bits per heavy atom. The fourth-order valence-electron chi connectivity index (χ4n) is 2.14. The van der Waals surface area contributed by atoms with Crippen molar-refractivity contribution in [3.05, 3.63) is 18.0 Å². The van der Waals surface area contributed by atoms with Crippen LogP contribution in [-0.2, 0) is 11.8 Å². The standard InChI is InChI=1S/C12H19N3O2/c1-14-9-10(13)8-11(14)12(16)17-7-6-15-4-2-3-5-15/h8-9H,2-7,13H2,1H3. The van der Waals surface area contributed by atoms with Crippen LogP contribution in [0.2, 0.25) is 0 Å². The van der Waals surface area contributed by atoms with Crippen molar-refractivity contribution in [2.75, 3.05) is 32.0 Å². The zero-order valence-electron chi connectivity index (χ0n) is 10.2. The van der Waals surface area contributed by atoms with Gasteiger partial charge in [-0.05, 0) is 32.0 Å². The van der Waals surface area contributed by atoms with Crippen LogP contribution in [-0.4, -0.2) is 41.7 Å². The molecule has 17 heavy (non-hydrogen) atoms. The molecule has 0 amide bonds. The number of aryl methyl sites for hydroxylation is 1. The van der Waals surface area contributed by atoms with Gasteiger partial charge in [0.1, 0.15) is 12.3 Å². The minimum atomic E-state index is -0.302. The third-order valence-electron chi connectivity index (χ3n) is 3.07. The summed E-state index contributed by atoms with van der Waals surface area (Å²) in [5.41, 5.74) is 6.69. The molecule has 1 saturated heterocycles. The van der Waals surface area contributed by atoms with Crippen LogP contribution in [0.15, 0.2) is 12.3 Å². The number of hydrogen-bond acceptors (Lipinski definition) is 4. The van der Waals surface area contributed by atoms with E-state index >= 15 is 0 Å². The quantitative estimate of drug-likeness (QED) is 0.789. The molecule has 1 aliphatic rings. The summed E-state index contributed by atoms with van der Waals surface area (Å²) >= 11 is 0. The molecule has 1 aromatic heterocycles. The number of ether oxygens (including phenoxy) is 1. The van der Waals surface area contributed by atoms with Gasteiger partial charge >= 0.3 is 5.97 Å². The van der Waals surface area contributed by atoms with E-state index in [1.54, 1.807) is 23.9 Å². The highest BCUT2D eigenvalue weighted by Gasteiger charge is 2.14. The van der Waals surface area contributed by atoms with Crippen LogP contribution in [0, 0.1) is 0 Å². The number of anilines is 1. The average molecular weight is 237 g/mol. The van der Waals surface area contributed by atoms with Gasteiger partial charge in [0.05, 0.1) is 5.69 Å². The Bertz CT molecular complexity index is 394. The fraction of sp³-hybridized carbons (Fsp3) is 0.583. The first kappa shape index (κ1) is 12.0. The summed E-state index contributed by atoms with van der Waals surface area (Å²) in [5.74, 6) is -0.302. The van der Waals surface area contributed by atoms with Crippen LogP contribution in [0.5, 0.6) is 0 Å². The lowest BCUT2D eigenvalue weighted by Crippen LogP contribution is -2.25. The minimum absolute atomic E-state index is 0.302. The highest BCUT2D eigenvalue weighted by atomic mass is 16.5. The largest absolute Gasteiger partial charge is 0.460 e. The molecule has 2 N–H and O–H groups in total. The van der Waals surface area contributed by atoms with Gasteiger partial charge in [0, 0.05) is 19.8 Å². The highest BCUT2D eigenvalue weighted by molar-refractivity contribution is 5.89.